The first-order valence-electron chi connectivity index (χ1n) is 29.2. The summed E-state index contributed by atoms with van der Waals surface area (Å²) in [6.45, 7) is 9.11. The van der Waals surface area contributed by atoms with Gasteiger partial charge in [-0.25, -0.2) is 9.97 Å². The number of aryl methyl sites for hydroxylation is 4. The van der Waals surface area contributed by atoms with Crippen LogP contribution in [0.2, 0.25) is 0 Å². The molecule has 0 saturated heterocycles. The normalized spacial score (nSPS) is 11.5. The van der Waals surface area contributed by atoms with Crippen LogP contribution in [0.1, 0.15) is 113 Å². The number of unbranched alkanes of at least 4 members (excludes halogenated alkanes) is 10. The lowest BCUT2D eigenvalue weighted by Crippen LogP contribution is -1.99. The van der Waals surface area contributed by atoms with Gasteiger partial charge >= 0.3 is 0 Å². The summed E-state index contributed by atoms with van der Waals surface area (Å²) in [5.41, 5.74) is 20.5. The van der Waals surface area contributed by atoms with Crippen LogP contribution in [0.25, 0.3) is 111 Å². The average molecular weight is 1020 g/mol. The first kappa shape index (κ1) is 52.1. The van der Waals surface area contributed by atoms with E-state index in [0.717, 1.165) is 40.9 Å². The van der Waals surface area contributed by atoms with E-state index in [0.29, 0.717) is 5.82 Å². The molecule has 10 aromatic carbocycles. The highest BCUT2D eigenvalue weighted by Gasteiger charge is 2.17. The van der Waals surface area contributed by atoms with Gasteiger partial charge in [-0.05, 0) is 169 Å². The molecule has 0 amide bonds. The van der Waals surface area contributed by atoms with E-state index in [1.54, 1.807) is 0 Å². The van der Waals surface area contributed by atoms with Crippen molar-refractivity contribution in [2.75, 3.05) is 0 Å². The van der Waals surface area contributed by atoms with Gasteiger partial charge in [0, 0.05) is 16.7 Å². The van der Waals surface area contributed by atoms with Crippen LogP contribution in [0.3, 0.4) is 0 Å². The Kier molecular flexibility index (Phi) is 16.4. The van der Waals surface area contributed by atoms with E-state index in [4.69, 9.17) is 9.97 Å². The van der Waals surface area contributed by atoms with Crippen molar-refractivity contribution in [3.63, 3.8) is 0 Å². The highest BCUT2D eigenvalue weighted by molar-refractivity contribution is 6.25. The van der Waals surface area contributed by atoms with Gasteiger partial charge in [0.1, 0.15) is 0 Å². The largest absolute Gasteiger partial charge is 0.228 e. The van der Waals surface area contributed by atoms with E-state index < -0.39 is 0 Å². The molecule has 78 heavy (non-hydrogen) atoms. The Balaban J connectivity index is 1.03. The lowest BCUT2D eigenvalue weighted by molar-refractivity contribution is 0.605. The number of aromatic nitrogens is 2. The van der Waals surface area contributed by atoms with Gasteiger partial charge in [-0.15, -0.1) is 0 Å². The van der Waals surface area contributed by atoms with Crippen LogP contribution in [-0.4, -0.2) is 9.97 Å². The Morgan fingerprint density at radius 1 is 0.282 bits per heavy atom. The molecule has 11 rings (SSSR count). The van der Waals surface area contributed by atoms with Crippen LogP contribution in [-0.2, 0) is 12.8 Å². The monoisotopic (exact) mass is 1010 g/mol. The minimum atomic E-state index is 0.715. The summed E-state index contributed by atoms with van der Waals surface area (Å²) in [6.07, 6.45) is 17.7. The second kappa shape index (κ2) is 24.6. The third-order valence-corrected chi connectivity index (χ3v) is 16.3. The molecule has 0 saturated carbocycles. The molecule has 0 aliphatic carbocycles. The number of nitrogens with zero attached hydrogens (tertiary/aromatic N) is 2. The van der Waals surface area contributed by atoms with Crippen molar-refractivity contribution < 1.29 is 0 Å². The fourth-order valence-electron chi connectivity index (χ4n) is 11.8. The van der Waals surface area contributed by atoms with E-state index >= 15 is 0 Å². The predicted octanol–water partition coefficient (Wildman–Crippen LogP) is 22.0. The maximum atomic E-state index is 5.26. The fourth-order valence-corrected chi connectivity index (χ4v) is 11.8. The van der Waals surface area contributed by atoms with Gasteiger partial charge in [-0.2, -0.15) is 0 Å². The molecule has 0 aliphatic rings. The Morgan fingerprint density at radius 2 is 0.731 bits per heavy atom. The quantitative estimate of drug-likeness (QED) is 0.0529. The Bertz CT molecular complexity index is 3790. The molecular formula is C76H74N2. The first-order chi connectivity index (χ1) is 38.4. The summed E-state index contributed by atoms with van der Waals surface area (Å²) in [5.74, 6) is 0.715. The molecule has 1 aromatic heterocycles. The molecule has 0 radical (unpaired) electrons. The third kappa shape index (κ3) is 11.8. The second-order valence-electron chi connectivity index (χ2n) is 22.0. The van der Waals surface area contributed by atoms with Crippen molar-refractivity contribution >= 4 is 32.3 Å². The van der Waals surface area contributed by atoms with Crippen LogP contribution in [0.4, 0.5) is 0 Å². The molecule has 0 fully saturated rings. The summed E-state index contributed by atoms with van der Waals surface area (Å²) in [7, 11) is 0. The topological polar surface area (TPSA) is 25.8 Å². The van der Waals surface area contributed by atoms with Crippen LogP contribution < -0.4 is 0 Å². The molecule has 11 aromatic rings. The van der Waals surface area contributed by atoms with Gasteiger partial charge in [0.05, 0.1) is 11.4 Å². The fraction of sp³-hybridized carbons (Fsp3) is 0.237. The maximum Gasteiger partial charge on any atom is 0.160 e. The number of fused-ring (bicyclic) bond motifs is 6. The number of benzene rings is 10. The smallest absolute Gasteiger partial charge is 0.160 e. The van der Waals surface area contributed by atoms with Gasteiger partial charge in [-0.1, -0.05) is 253 Å². The minimum Gasteiger partial charge on any atom is -0.228 e. The first-order valence-corrected chi connectivity index (χ1v) is 29.2. The van der Waals surface area contributed by atoms with E-state index in [1.807, 2.05) is 6.07 Å². The Morgan fingerprint density at radius 3 is 1.38 bits per heavy atom. The maximum absolute atomic E-state index is 5.26. The summed E-state index contributed by atoms with van der Waals surface area (Å²) < 4.78 is 0. The van der Waals surface area contributed by atoms with Crippen molar-refractivity contribution in [1.82, 2.24) is 9.97 Å². The predicted molar refractivity (Wildman–Crippen MR) is 336 cm³/mol. The van der Waals surface area contributed by atoms with E-state index in [1.165, 1.54) is 176 Å². The zero-order valence-corrected chi connectivity index (χ0v) is 46.4. The van der Waals surface area contributed by atoms with Crippen molar-refractivity contribution in [1.29, 1.82) is 0 Å². The van der Waals surface area contributed by atoms with Crippen molar-refractivity contribution in [2.45, 2.75) is 118 Å². The summed E-state index contributed by atoms with van der Waals surface area (Å²) in [4.78, 5) is 10.5. The van der Waals surface area contributed by atoms with Crippen LogP contribution in [0.5, 0.6) is 0 Å². The minimum absolute atomic E-state index is 0.715. The molecule has 2 nitrogen and oxygen atoms in total. The van der Waals surface area contributed by atoms with E-state index in [9.17, 15) is 0 Å². The average Bonchev–Trinajstić information content (AvgIpc) is 3.50. The highest BCUT2D eigenvalue weighted by atomic mass is 14.9. The van der Waals surface area contributed by atoms with Gasteiger partial charge in [0.2, 0.25) is 0 Å². The summed E-state index contributed by atoms with van der Waals surface area (Å²) in [5, 5.41) is 7.78. The van der Waals surface area contributed by atoms with E-state index in [-0.39, 0.29) is 0 Å². The summed E-state index contributed by atoms with van der Waals surface area (Å²) >= 11 is 0. The van der Waals surface area contributed by atoms with Crippen LogP contribution in [0, 0.1) is 13.8 Å². The molecular weight excluding hydrogens is 941 g/mol. The van der Waals surface area contributed by atoms with Crippen molar-refractivity contribution in [3.8, 4) is 78.4 Å². The molecule has 0 bridgehead atoms. The lowest BCUT2D eigenvalue weighted by atomic mass is 9.86. The molecule has 0 N–H and O–H groups in total. The Hall–Kier alpha value is -7.94. The third-order valence-electron chi connectivity index (χ3n) is 16.3. The van der Waals surface area contributed by atoms with Crippen molar-refractivity contribution in [2.24, 2.45) is 0 Å². The lowest BCUT2D eigenvalue weighted by Gasteiger charge is -2.18. The van der Waals surface area contributed by atoms with Crippen LogP contribution >= 0.6 is 0 Å². The SMILES string of the molecule is CCCCCCCCc1cc(-c2cc(-c3ccc(-c4cc(-c5cccc(-c6ccc(C)cc6)c5)nc(-c5ccccc5)n4)cc3)cc(-c3ccc4c5ccccc5c5ccccc5c4c3)c2)c(CCCCCCCC)cc1C. The second-order valence-corrected chi connectivity index (χ2v) is 22.0. The van der Waals surface area contributed by atoms with Gasteiger partial charge in [0.25, 0.3) is 0 Å². The molecule has 0 aliphatic heterocycles. The number of hydrogen-bond acceptors (Lipinski definition) is 2. The van der Waals surface area contributed by atoms with Gasteiger partial charge in [0.15, 0.2) is 5.82 Å². The van der Waals surface area contributed by atoms with Crippen molar-refractivity contribution in [3.05, 3.63) is 229 Å². The Labute approximate surface area is 464 Å². The molecule has 2 heteroatoms. The standard InChI is InChI=1S/C76H74N2/c1-5-7-9-11-13-16-27-59-50-72(62(45-54(59)4)28-17-14-12-10-8-6-2)66-48-64(47-65(49-66)61-43-44-71-69-33-21-20-31-67(69)68-32-22-23-34-70(68)73(71)51-61)56-39-41-57(42-40-56)74-52-75(78-76(77-74)58-25-18-15-19-26-58)63-30-24-29-60(46-63)55-37-35-53(3)36-38-55/h15,18-26,29-52H,5-14,16-17,27-28H2,1-4H3. The number of rotatable bonds is 21. The molecule has 0 unspecified atom stereocenters. The van der Waals surface area contributed by atoms with Crippen LogP contribution in [0.15, 0.2) is 206 Å². The molecule has 0 atom stereocenters. The highest BCUT2D eigenvalue weighted by Crippen LogP contribution is 2.41. The summed E-state index contributed by atoms with van der Waals surface area (Å²) in [6, 6.07) is 76.7. The number of hydrogen-bond donors (Lipinski definition) is 0. The van der Waals surface area contributed by atoms with Gasteiger partial charge in [-0.3, -0.25) is 0 Å². The zero-order valence-electron chi connectivity index (χ0n) is 46.4. The zero-order chi connectivity index (χ0) is 53.2. The van der Waals surface area contributed by atoms with E-state index in [2.05, 4.69) is 228 Å². The molecule has 1 heterocycles. The molecule has 0 spiro atoms. The van der Waals surface area contributed by atoms with Gasteiger partial charge < -0.3 is 0 Å². The molecule has 388 valence electrons.